The average molecular weight is 1250 g/mol. The zero-order chi connectivity index (χ0) is 63.6. The molecule has 0 saturated heterocycles. The van der Waals surface area contributed by atoms with E-state index in [1.807, 2.05) is 0 Å². The van der Waals surface area contributed by atoms with Crippen LogP contribution in [0.1, 0.15) is 42.5 Å². The average Bonchev–Trinajstić information content (AvgIpc) is 1.59. The van der Waals surface area contributed by atoms with Gasteiger partial charge in [0.15, 0.2) is 0 Å². The molecule has 0 unspecified atom stereocenters. The Morgan fingerprint density at radius 3 is 1.78 bits per heavy atom. The number of anilines is 6. The molecule has 96 heavy (non-hydrogen) atoms. The summed E-state index contributed by atoms with van der Waals surface area (Å²) in [4.78, 5) is 6.97. The number of allylic oxidation sites excluding steroid dienone is 3. The molecular weight excluding hydrogens is 1200 g/mol. The van der Waals surface area contributed by atoms with Crippen LogP contribution in [0.5, 0.6) is 17.2 Å². The van der Waals surface area contributed by atoms with Crippen LogP contribution >= 0.6 is 11.8 Å². The minimum atomic E-state index is -0.885. The molecule has 3 aliphatic rings. The Morgan fingerprint density at radius 2 is 1.04 bits per heavy atom. The molecule has 0 N–H and O–H groups in total. The zero-order valence-corrected chi connectivity index (χ0v) is 53.4. The third-order valence-electron chi connectivity index (χ3n) is 19.6. The highest BCUT2D eigenvalue weighted by Crippen LogP contribution is 2.64. The fourth-order valence-corrected chi connectivity index (χ4v) is 16.4. The number of para-hydroxylation sites is 4. The summed E-state index contributed by atoms with van der Waals surface area (Å²) < 4.78 is 30.5. The van der Waals surface area contributed by atoms with Crippen molar-refractivity contribution in [3.05, 3.63) is 342 Å². The second-order valence-corrected chi connectivity index (χ2v) is 26.1. The topological polar surface area (TPSA) is 56.2 Å². The van der Waals surface area contributed by atoms with Crippen LogP contribution in [-0.4, -0.2) is 4.57 Å². The second kappa shape index (κ2) is 22.1. The molecule has 13 aromatic carbocycles. The third-order valence-corrected chi connectivity index (χ3v) is 20.7. The van der Waals surface area contributed by atoms with Crippen LogP contribution in [0.3, 0.4) is 0 Å². The molecule has 456 valence electrons. The number of furan rings is 2. The van der Waals surface area contributed by atoms with Crippen molar-refractivity contribution in [2.75, 3.05) is 9.80 Å². The monoisotopic (exact) mass is 1250 g/mol. The smallest absolute Gasteiger partial charge is 0.145 e. The fourth-order valence-electron chi connectivity index (χ4n) is 15.3. The van der Waals surface area contributed by atoms with E-state index in [1.54, 1.807) is 11.8 Å². The maximum atomic E-state index is 7.45. The maximum absolute atomic E-state index is 7.45. The zero-order valence-electron chi connectivity index (χ0n) is 52.5. The number of hydrogen-bond acceptors (Lipinski definition) is 7. The van der Waals surface area contributed by atoms with Gasteiger partial charge in [0.2, 0.25) is 0 Å². The number of nitrogens with zero attached hydrogens (tertiary/aromatic N) is 3. The predicted octanol–water partition coefficient (Wildman–Crippen LogP) is 24.9. The van der Waals surface area contributed by atoms with Crippen LogP contribution < -0.4 is 19.3 Å². The van der Waals surface area contributed by atoms with E-state index in [0.717, 1.165) is 167 Å². The minimum Gasteiger partial charge on any atom is -0.457 e. The van der Waals surface area contributed by atoms with Crippen LogP contribution in [0, 0.1) is 0 Å². The van der Waals surface area contributed by atoms with Crippen molar-refractivity contribution in [3.8, 4) is 56.3 Å². The second-order valence-electron chi connectivity index (χ2n) is 24.9. The lowest BCUT2D eigenvalue weighted by Gasteiger charge is -2.41. The van der Waals surface area contributed by atoms with Crippen LogP contribution in [0.2, 0.25) is 0 Å². The summed E-state index contributed by atoms with van der Waals surface area (Å²) in [5, 5.41) is 5.24. The van der Waals surface area contributed by atoms with Gasteiger partial charge in [-0.2, -0.15) is 0 Å². The SMILES string of the molecule is CC/C=C\C1=C(C)Sc2c(cccc2-c2cc(N(c3ccc4c(c3)C3(c5cc(N(c6ccccc6)c6ccc(-c7ccccc7)c7oc8ccccc8c67)ccc5O4)c4ccccc4-c4ccccc43)c3ccc4ccn(-c5ccccc5)c4c3)cc3c2oc2ccccc23)O1. The molecule has 5 heterocycles. The van der Waals surface area contributed by atoms with E-state index in [1.165, 1.54) is 22.3 Å². The van der Waals surface area contributed by atoms with Crippen molar-refractivity contribution in [1.29, 1.82) is 0 Å². The van der Waals surface area contributed by atoms with Crippen LogP contribution in [0.15, 0.2) is 334 Å². The van der Waals surface area contributed by atoms with E-state index in [0.29, 0.717) is 0 Å². The quantitative estimate of drug-likeness (QED) is 0.128. The summed E-state index contributed by atoms with van der Waals surface area (Å²) in [5.74, 6) is 3.25. The van der Waals surface area contributed by atoms with E-state index in [4.69, 9.17) is 18.3 Å². The Labute approximate surface area is 559 Å². The molecular formula is C88H59N3O4S. The maximum Gasteiger partial charge on any atom is 0.145 e. The summed E-state index contributed by atoms with van der Waals surface area (Å²) in [7, 11) is 0. The summed E-state index contributed by atoms with van der Waals surface area (Å²) in [6.45, 7) is 4.29. The number of ether oxygens (including phenoxy) is 2. The lowest BCUT2D eigenvalue weighted by atomic mass is 9.66. The van der Waals surface area contributed by atoms with Gasteiger partial charge in [-0.1, -0.05) is 195 Å². The molecule has 2 aliphatic heterocycles. The molecule has 0 radical (unpaired) electrons. The Hall–Kier alpha value is -12.0. The molecule has 0 bridgehead atoms. The van der Waals surface area contributed by atoms with Gasteiger partial charge in [0.05, 0.1) is 26.9 Å². The standard InChI is InChI=1S/C88H59N3O4S/c1-3-4-36-78-55(2)96-87-68(33-22-39-83(87)92-78)71-51-63(50-70-67-31-16-20-37-79(67)94-85(70)71)90(62-41-40-57-48-49-89(77(57)54-62)58-25-10-6-11-26-58)60-42-46-81-74(52-60)88(72-34-18-14-29-65(72)66-30-15-19-35-73(66)88)75-53-61(43-47-82(75)93-81)91(59-27-12-7-13-28-59)76-45-44-64(56-23-8-5-9-24-56)86-84(76)69-32-17-21-38-80(69)95-86/h4-54H,3H2,1-2H3/b36-4-. The summed E-state index contributed by atoms with van der Waals surface area (Å²) in [5.41, 5.74) is 21.3. The van der Waals surface area contributed by atoms with E-state index >= 15 is 0 Å². The molecule has 19 rings (SSSR count). The Balaban J connectivity index is 0.866. The fraction of sp³-hybridized carbons (Fsp3) is 0.0455. The van der Waals surface area contributed by atoms with Crippen molar-refractivity contribution >= 4 is 101 Å². The largest absolute Gasteiger partial charge is 0.457 e. The van der Waals surface area contributed by atoms with Gasteiger partial charge < -0.3 is 32.7 Å². The van der Waals surface area contributed by atoms with E-state index in [2.05, 4.69) is 338 Å². The molecule has 0 saturated carbocycles. The highest BCUT2D eigenvalue weighted by Gasteiger charge is 2.52. The number of hydrogen-bond donors (Lipinski definition) is 0. The first kappa shape index (κ1) is 55.6. The van der Waals surface area contributed by atoms with Crippen LogP contribution in [-0.2, 0) is 5.41 Å². The van der Waals surface area contributed by atoms with Crippen molar-refractivity contribution in [2.24, 2.45) is 0 Å². The molecule has 16 aromatic rings. The highest BCUT2D eigenvalue weighted by atomic mass is 32.2. The van der Waals surface area contributed by atoms with Gasteiger partial charge in [-0.15, -0.1) is 0 Å². The van der Waals surface area contributed by atoms with Crippen LogP contribution in [0.4, 0.5) is 34.1 Å². The molecule has 8 heteroatoms. The highest BCUT2D eigenvalue weighted by molar-refractivity contribution is 8.03. The molecule has 3 aromatic heterocycles. The van der Waals surface area contributed by atoms with Gasteiger partial charge in [0.1, 0.15) is 45.3 Å². The number of rotatable bonds is 11. The molecule has 1 spiro atoms. The number of thioether (sulfide) groups is 1. The third kappa shape index (κ3) is 8.55. The van der Waals surface area contributed by atoms with Crippen molar-refractivity contribution in [2.45, 2.75) is 30.6 Å². The van der Waals surface area contributed by atoms with Crippen molar-refractivity contribution in [3.63, 3.8) is 0 Å². The van der Waals surface area contributed by atoms with Crippen molar-refractivity contribution in [1.82, 2.24) is 4.57 Å². The van der Waals surface area contributed by atoms with Crippen LogP contribution in [0.25, 0.3) is 93.8 Å². The van der Waals surface area contributed by atoms with E-state index in [-0.39, 0.29) is 0 Å². The molecule has 1 aliphatic carbocycles. The predicted molar refractivity (Wildman–Crippen MR) is 394 cm³/mol. The number of aromatic nitrogens is 1. The Morgan fingerprint density at radius 1 is 0.427 bits per heavy atom. The Kier molecular flexibility index (Phi) is 12.8. The first-order chi connectivity index (χ1) is 47.5. The van der Waals surface area contributed by atoms with Crippen molar-refractivity contribution < 1.29 is 18.3 Å². The van der Waals surface area contributed by atoms with E-state index < -0.39 is 5.41 Å². The lowest BCUT2D eigenvalue weighted by Crippen LogP contribution is -2.32. The lowest BCUT2D eigenvalue weighted by molar-refractivity contribution is 0.428. The first-order valence-corrected chi connectivity index (χ1v) is 33.6. The first-order valence-electron chi connectivity index (χ1n) is 32.8. The summed E-state index contributed by atoms with van der Waals surface area (Å²) in [6.07, 6.45) is 7.34. The molecule has 7 nitrogen and oxygen atoms in total. The molecule has 0 fully saturated rings. The van der Waals surface area contributed by atoms with Gasteiger partial charge in [0, 0.05) is 94.6 Å². The number of benzene rings is 13. The van der Waals surface area contributed by atoms with Gasteiger partial charge >= 0.3 is 0 Å². The summed E-state index contributed by atoms with van der Waals surface area (Å²) in [6, 6.07) is 105. The Bertz CT molecular complexity index is 5850. The summed E-state index contributed by atoms with van der Waals surface area (Å²) >= 11 is 1.75. The minimum absolute atomic E-state index is 0.781. The normalized spacial score (nSPS) is 13.5. The number of fused-ring (bicyclic) bond motifs is 17. The molecule has 0 amide bonds. The van der Waals surface area contributed by atoms with Gasteiger partial charge in [-0.25, -0.2) is 0 Å². The molecule has 0 atom stereocenters. The van der Waals surface area contributed by atoms with Gasteiger partial charge in [0.25, 0.3) is 0 Å². The van der Waals surface area contributed by atoms with E-state index in [9.17, 15) is 0 Å². The van der Waals surface area contributed by atoms with Gasteiger partial charge in [-0.05, 0) is 169 Å². The van der Waals surface area contributed by atoms with Gasteiger partial charge in [-0.3, -0.25) is 0 Å².